The highest BCUT2D eigenvalue weighted by molar-refractivity contribution is 5.83. The van der Waals surface area contributed by atoms with Crippen molar-refractivity contribution in [3.63, 3.8) is 0 Å². The first-order valence-corrected chi connectivity index (χ1v) is 4.35. The first-order valence-electron chi connectivity index (χ1n) is 4.35. The van der Waals surface area contributed by atoms with Gasteiger partial charge in [-0.2, -0.15) is 0 Å². The van der Waals surface area contributed by atoms with Crippen molar-refractivity contribution in [1.29, 1.82) is 0 Å². The molecule has 0 spiro atoms. The molecule has 1 heterocycles. The average Bonchev–Trinajstić information content (AvgIpc) is 2.43. The highest BCUT2D eigenvalue weighted by Crippen LogP contribution is 2.18. The summed E-state index contributed by atoms with van der Waals surface area (Å²) in [5.74, 6) is 0.961. The van der Waals surface area contributed by atoms with Crippen LogP contribution in [0.5, 0.6) is 0 Å². The summed E-state index contributed by atoms with van der Waals surface area (Å²) in [6.45, 7) is 1.95. The van der Waals surface area contributed by atoms with Crippen LogP contribution in [0.3, 0.4) is 0 Å². The van der Waals surface area contributed by atoms with Crippen molar-refractivity contribution in [3.8, 4) is 0 Å². The van der Waals surface area contributed by atoms with E-state index in [0.717, 1.165) is 22.5 Å². The number of nitrogens with zero attached hydrogens (tertiary/aromatic N) is 2. The van der Waals surface area contributed by atoms with Crippen molar-refractivity contribution < 1.29 is 4.79 Å². The molecule has 0 bridgehead atoms. The van der Waals surface area contributed by atoms with Crippen molar-refractivity contribution in [1.82, 2.24) is 9.55 Å². The zero-order valence-electron chi connectivity index (χ0n) is 8.11. The fourth-order valence-electron chi connectivity index (χ4n) is 1.48. The molecule has 2 aromatic rings. The second-order valence-corrected chi connectivity index (χ2v) is 3.18. The number of aromatic nitrogens is 2. The molecule has 1 N–H and O–H groups in total. The van der Waals surface area contributed by atoms with Gasteiger partial charge in [-0.3, -0.25) is 4.79 Å². The quantitative estimate of drug-likeness (QED) is 0.727. The smallest absolute Gasteiger partial charge is 0.211 e. The third-order valence-corrected chi connectivity index (χ3v) is 2.33. The van der Waals surface area contributed by atoms with Crippen LogP contribution >= 0.6 is 0 Å². The van der Waals surface area contributed by atoms with E-state index in [1.54, 1.807) is 0 Å². The summed E-state index contributed by atoms with van der Waals surface area (Å²) in [5.41, 5.74) is 2.74. The van der Waals surface area contributed by atoms with E-state index in [2.05, 4.69) is 10.3 Å². The molecule has 0 saturated heterocycles. The van der Waals surface area contributed by atoms with Crippen molar-refractivity contribution in [2.24, 2.45) is 7.05 Å². The van der Waals surface area contributed by atoms with Gasteiger partial charge in [-0.15, -0.1) is 0 Å². The summed E-state index contributed by atoms with van der Waals surface area (Å²) in [4.78, 5) is 14.6. The van der Waals surface area contributed by atoms with Crippen LogP contribution in [0.25, 0.3) is 11.0 Å². The summed E-state index contributed by atoms with van der Waals surface area (Å²) in [7, 11) is 1.97. The number of fused-ring (bicyclic) bond motifs is 1. The predicted molar refractivity (Wildman–Crippen MR) is 55.1 cm³/mol. The van der Waals surface area contributed by atoms with Gasteiger partial charge in [0.05, 0.1) is 11.0 Å². The molecule has 0 fully saturated rings. The summed E-state index contributed by atoms with van der Waals surface area (Å²) >= 11 is 0. The largest absolute Gasteiger partial charge is 0.331 e. The fraction of sp³-hybridized carbons (Fsp3) is 0.200. The van der Waals surface area contributed by atoms with Crippen molar-refractivity contribution in [2.75, 3.05) is 5.32 Å². The minimum atomic E-state index is 0.664. The lowest BCUT2D eigenvalue weighted by molar-refractivity contribution is -0.105. The van der Waals surface area contributed by atoms with Crippen LogP contribution in [-0.2, 0) is 11.8 Å². The number of imidazole rings is 1. The number of hydrogen-bond donors (Lipinski definition) is 1. The molecule has 4 nitrogen and oxygen atoms in total. The zero-order valence-corrected chi connectivity index (χ0v) is 8.11. The molecule has 0 saturated carbocycles. The molecular formula is C10H11N3O. The number of aryl methyl sites for hydroxylation is 2. The van der Waals surface area contributed by atoms with Gasteiger partial charge in [0.1, 0.15) is 5.82 Å². The number of hydrogen-bond acceptors (Lipinski definition) is 2. The molecule has 72 valence electrons. The number of rotatable bonds is 2. The Morgan fingerprint density at radius 1 is 1.50 bits per heavy atom. The number of benzene rings is 1. The van der Waals surface area contributed by atoms with Crippen LogP contribution in [0.1, 0.15) is 5.82 Å². The molecule has 0 aliphatic heterocycles. The second-order valence-electron chi connectivity index (χ2n) is 3.18. The lowest BCUT2D eigenvalue weighted by Gasteiger charge is -1.98. The van der Waals surface area contributed by atoms with Crippen LogP contribution in [0.15, 0.2) is 18.2 Å². The standard InChI is InChI=1S/C10H11N3O/c1-7-12-9-5-8(11-6-14)3-4-10(9)13(7)2/h3-6H,1-2H3,(H,11,14). The molecule has 1 aromatic carbocycles. The SMILES string of the molecule is Cc1nc2cc(NC=O)ccc2n1C. The first kappa shape index (κ1) is 8.74. The zero-order chi connectivity index (χ0) is 10.1. The maximum atomic E-state index is 10.2. The van der Waals surface area contributed by atoms with E-state index in [9.17, 15) is 4.79 Å². The minimum Gasteiger partial charge on any atom is -0.331 e. The lowest BCUT2D eigenvalue weighted by Crippen LogP contribution is -1.93. The van der Waals surface area contributed by atoms with E-state index in [4.69, 9.17) is 0 Å². The third-order valence-electron chi connectivity index (χ3n) is 2.33. The van der Waals surface area contributed by atoms with E-state index in [0.29, 0.717) is 6.41 Å². The van der Waals surface area contributed by atoms with Gasteiger partial charge in [-0.25, -0.2) is 4.98 Å². The fourth-order valence-corrected chi connectivity index (χ4v) is 1.48. The molecular weight excluding hydrogens is 178 g/mol. The number of anilines is 1. The Morgan fingerprint density at radius 2 is 2.29 bits per heavy atom. The van der Waals surface area contributed by atoms with Crippen molar-refractivity contribution >= 4 is 23.1 Å². The Labute approximate surface area is 81.6 Å². The van der Waals surface area contributed by atoms with Crippen LogP contribution < -0.4 is 5.32 Å². The van der Waals surface area contributed by atoms with Crippen LogP contribution in [-0.4, -0.2) is 16.0 Å². The number of amides is 1. The highest BCUT2D eigenvalue weighted by atomic mass is 16.1. The Bertz CT molecular complexity index is 487. The highest BCUT2D eigenvalue weighted by Gasteiger charge is 2.03. The Kier molecular flexibility index (Phi) is 1.96. The molecule has 4 heteroatoms. The Balaban J connectivity index is 2.61. The maximum Gasteiger partial charge on any atom is 0.211 e. The van der Waals surface area contributed by atoms with Gasteiger partial charge in [0, 0.05) is 12.7 Å². The molecule has 14 heavy (non-hydrogen) atoms. The number of nitrogens with one attached hydrogen (secondary N) is 1. The van der Waals surface area contributed by atoms with Crippen molar-refractivity contribution in [2.45, 2.75) is 6.92 Å². The van der Waals surface area contributed by atoms with Gasteiger partial charge in [0.25, 0.3) is 0 Å². The molecule has 1 aromatic heterocycles. The third kappa shape index (κ3) is 1.25. The van der Waals surface area contributed by atoms with Crippen molar-refractivity contribution in [3.05, 3.63) is 24.0 Å². The van der Waals surface area contributed by atoms with E-state index in [-0.39, 0.29) is 0 Å². The van der Waals surface area contributed by atoms with Gasteiger partial charge in [0.2, 0.25) is 6.41 Å². The molecule has 0 aliphatic carbocycles. The molecule has 0 atom stereocenters. The van der Waals surface area contributed by atoms with E-state index >= 15 is 0 Å². The van der Waals surface area contributed by atoms with Crippen LogP contribution in [0, 0.1) is 6.92 Å². The van der Waals surface area contributed by atoms with E-state index in [1.165, 1.54) is 0 Å². The summed E-state index contributed by atoms with van der Waals surface area (Å²) in [6.07, 6.45) is 0.664. The Hall–Kier alpha value is -1.84. The van der Waals surface area contributed by atoms with E-state index in [1.807, 2.05) is 36.7 Å². The maximum absolute atomic E-state index is 10.2. The average molecular weight is 189 g/mol. The molecule has 1 amide bonds. The minimum absolute atomic E-state index is 0.664. The Morgan fingerprint density at radius 3 is 3.00 bits per heavy atom. The number of carbonyl (C=O) groups is 1. The lowest BCUT2D eigenvalue weighted by atomic mass is 10.3. The van der Waals surface area contributed by atoms with Gasteiger partial charge in [-0.1, -0.05) is 0 Å². The van der Waals surface area contributed by atoms with Gasteiger partial charge >= 0.3 is 0 Å². The van der Waals surface area contributed by atoms with Gasteiger partial charge < -0.3 is 9.88 Å². The second kappa shape index (κ2) is 3.14. The van der Waals surface area contributed by atoms with Crippen LogP contribution in [0.2, 0.25) is 0 Å². The molecule has 2 rings (SSSR count). The molecule has 0 aliphatic rings. The summed E-state index contributed by atoms with van der Waals surface area (Å²) in [6, 6.07) is 5.66. The van der Waals surface area contributed by atoms with Gasteiger partial charge in [0.15, 0.2) is 0 Å². The van der Waals surface area contributed by atoms with Crippen LogP contribution in [0.4, 0.5) is 5.69 Å². The molecule has 0 radical (unpaired) electrons. The monoisotopic (exact) mass is 189 g/mol. The predicted octanol–water partition coefficient (Wildman–Crippen LogP) is 1.45. The van der Waals surface area contributed by atoms with Gasteiger partial charge in [-0.05, 0) is 25.1 Å². The topological polar surface area (TPSA) is 46.9 Å². The summed E-state index contributed by atoms with van der Waals surface area (Å²) in [5, 5.41) is 2.60. The summed E-state index contributed by atoms with van der Waals surface area (Å²) < 4.78 is 2.01. The molecule has 0 unspecified atom stereocenters. The van der Waals surface area contributed by atoms with E-state index < -0.39 is 0 Å². The normalized spacial score (nSPS) is 10.4. The number of carbonyl (C=O) groups excluding carboxylic acids is 1. The first-order chi connectivity index (χ1) is 6.72.